The molecule has 0 bridgehead atoms. The van der Waals surface area contributed by atoms with Crippen LogP contribution in [0, 0.1) is 0 Å². The number of aliphatic hydroxyl groups excluding tert-OH is 1. The van der Waals surface area contributed by atoms with Crippen LogP contribution in [0.25, 0.3) is 11.0 Å². The van der Waals surface area contributed by atoms with E-state index in [1.54, 1.807) is 6.07 Å². The summed E-state index contributed by atoms with van der Waals surface area (Å²) in [5.41, 5.74) is 0.654. The van der Waals surface area contributed by atoms with Crippen LogP contribution < -0.4 is 5.32 Å². The van der Waals surface area contributed by atoms with Crippen molar-refractivity contribution in [1.82, 2.24) is 5.32 Å². The van der Waals surface area contributed by atoms with E-state index in [0.29, 0.717) is 12.0 Å². The molecule has 19 heavy (non-hydrogen) atoms. The number of benzene rings is 1. The smallest absolute Gasteiger partial charge is 0.287 e. The summed E-state index contributed by atoms with van der Waals surface area (Å²) in [6.45, 7) is 2.23. The molecule has 1 aromatic heterocycles. The summed E-state index contributed by atoms with van der Waals surface area (Å²) in [5, 5.41) is 13.1. The Bertz CT molecular complexity index is 579. The average molecular weight is 326 g/mol. The number of carbonyl (C=O) groups is 1. The number of para-hydroxylation sites is 1. The van der Waals surface area contributed by atoms with E-state index in [9.17, 15) is 9.90 Å². The predicted molar refractivity (Wildman–Crippen MR) is 77.2 cm³/mol. The Labute approximate surface area is 119 Å². The fraction of sp³-hybridized carbons (Fsp3) is 0.357. The highest BCUT2D eigenvalue weighted by Crippen LogP contribution is 2.26. The third kappa shape index (κ3) is 3.36. The lowest BCUT2D eigenvalue weighted by Gasteiger charge is -2.09. The van der Waals surface area contributed by atoms with Gasteiger partial charge in [-0.15, -0.1) is 0 Å². The molecular weight excluding hydrogens is 310 g/mol. The maximum Gasteiger partial charge on any atom is 0.287 e. The summed E-state index contributed by atoms with van der Waals surface area (Å²) in [6.07, 6.45) is 1.05. The summed E-state index contributed by atoms with van der Waals surface area (Å²) < 4.78 is 6.33. The fourth-order valence-corrected chi connectivity index (χ4v) is 2.33. The van der Waals surface area contributed by atoms with Gasteiger partial charge in [0.2, 0.25) is 0 Å². The van der Waals surface area contributed by atoms with Crippen molar-refractivity contribution in [3.05, 3.63) is 34.5 Å². The van der Waals surface area contributed by atoms with Gasteiger partial charge in [-0.3, -0.25) is 4.79 Å². The van der Waals surface area contributed by atoms with Crippen LogP contribution in [0.15, 0.2) is 33.2 Å². The Kier molecular flexibility index (Phi) is 4.61. The van der Waals surface area contributed by atoms with Crippen molar-refractivity contribution in [2.24, 2.45) is 0 Å². The van der Waals surface area contributed by atoms with Gasteiger partial charge in [-0.1, -0.05) is 25.5 Å². The molecule has 0 saturated carbocycles. The molecule has 0 aliphatic rings. The SMILES string of the molecule is CCCC(O)CNC(=O)c1cc2cccc(Br)c2o1. The minimum absolute atomic E-state index is 0.241. The van der Waals surface area contributed by atoms with E-state index in [-0.39, 0.29) is 18.2 Å². The third-order valence-electron chi connectivity index (χ3n) is 2.84. The van der Waals surface area contributed by atoms with Gasteiger partial charge in [0, 0.05) is 11.9 Å². The number of nitrogens with one attached hydrogen (secondary N) is 1. The molecule has 2 aromatic rings. The number of halogens is 1. The highest BCUT2D eigenvalue weighted by Gasteiger charge is 2.14. The Balaban J connectivity index is 2.07. The van der Waals surface area contributed by atoms with Gasteiger partial charge < -0.3 is 14.8 Å². The maximum atomic E-state index is 11.9. The molecule has 1 amide bonds. The molecule has 0 saturated heterocycles. The minimum Gasteiger partial charge on any atom is -0.450 e. The van der Waals surface area contributed by atoms with Gasteiger partial charge >= 0.3 is 0 Å². The van der Waals surface area contributed by atoms with Crippen molar-refractivity contribution in [1.29, 1.82) is 0 Å². The third-order valence-corrected chi connectivity index (χ3v) is 3.46. The van der Waals surface area contributed by atoms with E-state index in [1.165, 1.54) is 0 Å². The highest BCUT2D eigenvalue weighted by atomic mass is 79.9. The van der Waals surface area contributed by atoms with Crippen LogP contribution in [-0.2, 0) is 0 Å². The molecule has 2 rings (SSSR count). The summed E-state index contributed by atoms with van der Waals surface area (Å²) >= 11 is 3.38. The van der Waals surface area contributed by atoms with Crippen LogP contribution >= 0.6 is 15.9 Å². The van der Waals surface area contributed by atoms with E-state index < -0.39 is 6.10 Å². The number of hydrogen-bond acceptors (Lipinski definition) is 3. The second kappa shape index (κ2) is 6.21. The largest absolute Gasteiger partial charge is 0.450 e. The molecule has 1 unspecified atom stereocenters. The van der Waals surface area contributed by atoms with Gasteiger partial charge in [0.05, 0.1) is 10.6 Å². The fourth-order valence-electron chi connectivity index (χ4n) is 1.87. The summed E-state index contributed by atoms with van der Waals surface area (Å²) in [4.78, 5) is 11.9. The first-order valence-corrected chi connectivity index (χ1v) is 7.05. The molecule has 0 radical (unpaired) electrons. The van der Waals surface area contributed by atoms with Crippen LogP contribution in [0.4, 0.5) is 0 Å². The molecule has 0 aliphatic carbocycles. The molecule has 0 aliphatic heterocycles. The van der Waals surface area contributed by atoms with Gasteiger partial charge in [-0.05, 0) is 34.5 Å². The van der Waals surface area contributed by atoms with E-state index in [1.807, 2.05) is 25.1 Å². The zero-order valence-corrected chi connectivity index (χ0v) is 12.2. The highest BCUT2D eigenvalue weighted by molar-refractivity contribution is 9.10. The molecule has 0 spiro atoms. The van der Waals surface area contributed by atoms with Crippen LogP contribution in [-0.4, -0.2) is 23.7 Å². The minimum atomic E-state index is -0.509. The molecular formula is C14H16BrNO3. The summed E-state index contributed by atoms with van der Waals surface area (Å²) in [7, 11) is 0. The molecule has 5 heteroatoms. The van der Waals surface area contributed by atoms with E-state index >= 15 is 0 Å². The molecule has 0 fully saturated rings. The first-order chi connectivity index (χ1) is 9.11. The van der Waals surface area contributed by atoms with Crippen LogP contribution in [0.3, 0.4) is 0 Å². The second-order valence-corrected chi connectivity index (χ2v) is 5.28. The molecule has 2 N–H and O–H groups in total. The van der Waals surface area contributed by atoms with E-state index in [2.05, 4.69) is 21.2 Å². The normalized spacial score (nSPS) is 12.6. The first kappa shape index (κ1) is 14.1. The van der Waals surface area contributed by atoms with Crippen molar-refractivity contribution < 1.29 is 14.3 Å². The lowest BCUT2D eigenvalue weighted by Crippen LogP contribution is -2.31. The van der Waals surface area contributed by atoms with Crippen molar-refractivity contribution in [2.75, 3.05) is 6.54 Å². The molecule has 4 nitrogen and oxygen atoms in total. The van der Waals surface area contributed by atoms with Crippen molar-refractivity contribution >= 4 is 32.8 Å². The standard InChI is InChI=1S/C14H16BrNO3/c1-2-4-10(17)8-16-14(18)12-7-9-5-3-6-11(15)13(9)19-12/h3,5-7,10,17H,2,4,8H2,1H3,(H,16,18). The molecule has 1 atom stereocenters. The van der Waals surface area contributed by atoms with Crippen molar-refractivity contribution in [3.8, 4) is 0 Å². The Morgan fingerprint density at radius 2 is 2.32 bits per heavy atom. The Hall–Kier alpha value is -1.33. The van der Waals surface area contributed by atoms with Gasteiger partial charge in [-0.2, -0.15) is 0 Å². The van der Waals surface area contributed by atoms with Crippen molar-refractivity contribution in [2.45, 2.75) is 25.9 Å². The number of rotatable bonds is 5. The first-order valence-electron chi connectivity index (χ1n) is 6.26. The van der Waals surface area contributed by atoms with E-state index in [4.69, 9.17) is 4.42 Å². The number of amides is 1. The topological polar surface area (TPSA) is 62.5 Å². The van der Waals surface area contributed by atoms with Gasteiger partial charge in [-0.25, -0.2) is 0 Å². The predicted octanol–water partition coefficient (Wildman–Crippen LogP) is 3.09. The zero-order valence-electron chi connectivity index (χ0n) is 10.6. The number of hydrogen-bond donors (Lipinski definition) is 2. The zero-order chi connectivity index (χ0) is 13.8. The lowest BCUT2D eigenvalue weighted by molar-refractivity contribution is 0.0885. The molecule has 1 heterocycles. The summed E-state index contributed by atoms with van der Waals surface area (Å²) in [5.74, 6) is -0.0520. The Morgan fingerprint density at radius 3 is 3.00 bits per heavy atom. The summed E-state index contributed by atoms with van der Waals surface area (Å²) in [6, 6.07) is 7.32. The molecule has 102 valence electrons. The van der Waals surface area contributed by atoms with E-state index in [0.717, 1.165) is 16.3 Å². The van der Waals surface area contributed by atoms with Gasteiger partial charge in [0.1, 0.15) is 5.58 Å². The second-order valence-electron chi connectivity index (χ2n) is 4.42. The lowest BCUT2D eigenvalue weighted by atomic mass is 10.2. The number of aliphatic hydroxyl groups is 1. The maximum absolute atomic E-state index is 11.9. The number of carbonyl (C=O) groups excluding carboxylic acids is 1. The van der Waals surface area contributed by atoms with Crippen LogP contribution in [0.2, 0.25) is 0 Å². The quantitative estimate of drug-likeness (QED) is 0.887. The van der Waals surface area contributed by atoms with Gasteiger partial charge in [0.25, 0.3) is 5.91 Å². The monoisotopic (exact) mass is 325 g/mol. The van der Waals surface area contributed by atoms with Crippen LogP contribution in [0.1, 0.15) is 30.3 Å². The average Bonchev–Trinajstić information content (AvgIpc) is 2.82. The van der Waals surface area contributed by atoms with Gasteiger partial charge in [0.15, 0.2) is 5.76 Å². The molecule has 1 aromatic carbocycles. The number of furan rings is 1. The Morgan fingerprint density at radius 1 is 1.53 bits per heavy atom. The van der Waals surface area contributed by atoms with Crippen molar-refractivity contribution in [3.63, 3.8) is 0 Å². The number of fused-ring (bicyclic) bond motifs is 1. The van der Waals surface area contributed by atoms with Crippen LogP contribution in [0.5, 0.6) is 0 Å².